The molecule has 7 rings (SSSR count). The van der Waals surface area contributed by atoms with Gasteiger partial charge >= 0.3 is 0 Å². The summed E-state index contributed by atoms with van der Waals surface area (Å²) in [5.74, 6) is 0.389. The van der Waals surface area contributed by atoms with E-state index in [1.54, 1.807) is 5.57 Å². The molecule has 0 fully saturated rings. The molecule has 1 unspecified atom stereocenters. The van der Waals surface area contributed by atoms with Gasteiger partial charge in [-0.05, 0) is 75.8 Å². The number of aryl methyl sites for hydroxylation is 1. The number of hydrogen-bond donors (Lipinski definition) is 0. The monoisotopic (exact) mass is 474 g/mol. The second kappa shape index (κ2) is 8.75. The van der Waals surface area contributed by atoms with Crippen molar-refractivity contribution < 1.29 is 0 Å². The Kier molecular flexibility index (Phi) is 5.22. The minimum Gasteiger partial charge on any atom is -0.0622 e. The highest BCUT2D eigenvalue weighted by molar-refractivity contribution is 5.95. The van der Waals surface area contributed by atoms with Crippen LogP contribution in [0.25, 0.3) is 5.57 Å². The molecular weight excluding hydrogens is 444 g/mol. The molecule has 0 heterocycles. The molecule has 0 bridgehead atoms. The largest absolute Gasteiger partial charge is 0.0679 e. The van der Waals surface area contributed by atoms with Gasteiger partial charge in [0.2, 0.25) is 0 Å². The summed E-state index contributed by atoms with van der Waals surface area (Å²) in [4.78, 5) is 0. The Bertz CT molecular complexity index is 1570. The van der Waals surface area contributed by atoms with Crippen molar-refractivity contribution in [1.29, 1.82) is 0 Å². The number of fused-ring (bicyclic) bond motifs is 4. The van der Waals surface area contributed by atoms with Crippen LogP contribution in [0.2, 0.25) is 0 Å². The maximum atomic E-state index is 2.43. The van der Waals surface area contributed by atoms with Gasteiger partial charge in [-0.25, -0.2) is 0 Å². The molecule has 0 spiro atoms. The molecule has 5 aromatic carbocycles. The Morgan fingerprint density at radius 3 is 1.89 bits per heavy atom. The lowest BCUT2D eigenvalue weighted by Gasteiger charge is -2.41. The van der Waals surface area contributed by atoms with Crippen molar-refractivity contribution in [2.24, 2.45) is 5.92 Å². The minimum absolute atomic E-state index is 0.326. The lowest BCUT2D eigenvalue weighted by atomic mass is 9.61. The summed E-state index contributed by atoms with van der Waals surface area (Å²) in [7, 11) is 0. The molecule has 0 aromatic heterocycles. The van der Waals surface area contributed by atoms with Gasteiger partial charge in [-0.3, -0.25) is 0 Å². The van der Waals surface area contributed by atoms with Crippen LogP contribution < -0.4 is 0 Å². The summed E-state index contributed by atoms with van der Waals surface area (Å²) in [6.07, 6.45) is 2.08. The van der Waals surface area contributed by atoms with E-state index in [0.717, 1.165) is 12.8 Å². The molecule has 5 aromatic rings. The second-order valence-electron chi connectivity index (χ2n) is 10.6. The molecule has 37 heavy (non-hydrogen) atoms. The summed E-state index contributed by atoms with van der Waals surface area (Å²) in [5.41, 5.74) is 13.8. The van der Waals surface area contributed by atoms with Gasteiger partial charge in [-0.15, -0.1) is 0 Å². The van der Waals surface area contributed by atoms with Crippen molar-refractivity contribution >= 4 is 5.57 Å². The van der Waals surface area contributed by atoms with Crippen LogP contribution >= 0.6 is 0 Å². The summed E-state index contributed by atoms with van der Waals surface area (Å²) in [6, 6.07) is 49.8. The van der Waals surface area contributed by atoms with E-state index < -0.39 is 0 Å². The van der Waals surface area contributed by atoms with Gasteiger partial charge < -0.3 is 0 Å². The Labute approximate surface area is 220 Å². The Balaban J connectivity index is 1.62. The smallest absolute Gasteiger partial charge is 0.0622 e. The fourth-order valence-electron chi connectivity index (χ4n) is 7.02. The minimum atomic E-state index is -0.326. The first-order chi connectivity index (χ1) is 18.3. The van der Waals surface area contributed by atoms with E-state index in [9.17, 15) is 0 Å². The Morgan fingerprint density at radius 1 is 0.622 bits per heavy atom. The normalized spacial score (nSPS) is 17.2. The van der Waals surface area contributed by atoms with Gasteiger partial charge in [-0.1, -0.05) is 139 Å². The van der Waals surface area contributed by atoms with Crippen molar-refractivity contribution in [3.63, 3.8) is 0 Å². The zero-order valence-electron chi connectivity index (χ0n) is 21.2. The highest BCUT2D eigenvalue weighted by Crippen LogP contribution is 2.60. The summed E-state index contributed by atoms with van der Waals surface area (Å²) in [6.45, 7) is 2.22. The quantitative estimate of drug-likeness (QED) is 0.245. The second-order valence-corrected chi connectivity index (χ2v) is 10.6. The van der Waals surface area contributed by atoms with E-state index in [1.165, 1.54) is 50.1 Å². The van der Waals surface area contributed by atoms with Crippen LogP contribution in [0.1, 0.15) is 44.5 Å². The van der Waals surface area contributed by atoms with Gasteiger partial charge in [0, 0.05) is 0 Å². The average molecular weight is 475 g/mol. The Hall–Kier alpha value is -4.16. The first kappa shape index (κ1) is 22.1. The Morgan fingerprint density at radius 2 is 1.22 bits per heavy atom. The fourth-order valence-corrected chi connectivity index (χ4v) is 7.02. The van der Waals surface area contributed by atoms with Crippen molar-refractivity contribution in [2.45, 2.75) is 25.2 Å². The molecule has 0 heteroatoms. The first-order valence-electron chi connectivity index (χ1n) is 13.4. The molecule has 2 aliphatic rings. The highest BCUT2D eigenvalue weighted by Gasteiger charge is 2.51. The molecule has 0 nitrogen and oxygen atoms in total. The molecule has 0 saturated heterocycles. The summed E-state index contributed by atoms with van der Waals surface area (Å²) < 4.78 is 0. The zero-order chi connectivity index (χ0) is 24.8. The molecule has 0 saturated carbocycles. The van der Waals surface area contributed by atoms with E-state index in [1.807, 2.05) is 0 Å². The standard InChI is InChI=1S/C37H30/c1-26-21-22-34-33(23-26)35-32-20-12-11-15-28(32)25-29(24-27-13-5-2-6-14-27)36(35)37(34,30-16-7-3-8-17-30)31-18-9-4-10-19-31/h2-23,29H,24-25H2,1H3. The SMILES string of the molecule is Cc1ccc2c(c1)C1=C(C(Cc3ccccc3)Cc3ccccc31)C2(c1ccccc1)c1ccccc1. The molecule has 0 N–H and O–H groups in total. The molecule has 0 aliphatic heterocycles. The maximum Gasteiger partial charge on any atom is 0.0679 e. The highest BCUT2D eigenvalue weighted by atomic mass is 14.5. The number of hydrogen-bond acceptors (Lipinski definition) is 0. The van der Waals surface area contributed by atoms with Crippen LogP contribution in [0.4, 0.5) is 0 Å². The number of benzene rings is 5. The molecule has 1 atom stereocenters. The van der Waals surface area contributed by atoms with Gasteiger partial charge in [0.1, 0.15) is 0 Å². The lowest BCUT2D eigenvalue weighted by molar-refractivity contribution is 0.529. The van der Waals surface area contributed by atoms with Gasteiger partial charge in [0.15, 0.2) is 0 Å². The van der Waals surface area contributed by atoms with Crippen LogP contribution in [-0.2, 0) is 18.3 Å². The third kappa shape index (κ3) is 3.36. The summed E-state index contributed by atoms with van der Waals surface area (Å²) in [5, 5.41) is 0. The molecule has 0 amide bonds. The van der Waals surface area contributed by atoms with Gasteiger partial charge in [0.05, 0.1) is 5.41 Å². The van der Waals surface area contributed by atoms with Crippen LogP contribution in [0.3, 0.4) is 0 Å². The third-order valence-electron chi connectivity index (χ3n) is 8.42. The van der Waals surface area contributed by atoms with Crippen molar-refractivity contribution in [1.82, 2.24) is 0 Å². The van der Waals surface area contributed by atoms with Crippen LogP contribution in [0, 0.1) is 12.8 Å². The van der Waals surface area contributed by atoms with Gasteiger partial charge in [-0.2, -0.15) is 0 Å². The van der Waals surface area contributed by atoms with Crippen molar-refractivity contribution in [3.8, 4) is 0 Å². The van der Waals surface area contributed by atoms with Crippen molar-refractivity contribution in [3.05, 3.63) is 184 Å². The average Bonchev–Trinajstić information content (AvgIpc) is 3.26. The van der Waals surface area contributed by atoms with Gasteiger partial charge in [0.25, 0.3) is 0 Å². The van der Waals surface area contributed by atoms with E-state index in [2.05, 4.69) is 140 Å². The molecular formula is C37H30. The van der Waals surface area contributed by atoms with Crippen molar-refractivity contribution in [2.75, 3.05) is 0 Å². The van der Waals surface area contributed by atoms with Crippen LogP contribution in [-0.4, -0.2) is 0 Å². The summed E-state index contributed by atoms with van der Waals surface area (Å²) >= 11 is 0. The molecule has 2 aliphatic carbocycles. The topological polar surface area (TPSA) is 0 Å². The third-order valence-corrected chi connectivity index (χ3v) is 8.42. The van der Waals surface area contributed by atoms with E-state index >= 15 is 0 Å². The number of rotatable bonds is 4. The van der Waals surface area contributed by atoms with E-state index in [4.69, 9.17) is 0 Å². The predicted molar refractivity (Wildman–Crippen MR) is 154 cm³/mol. The zero-order valence-corrected chi connectivity index (χ0v) is 21.2. The maximum absolute atomic E-state index is 2.43. The number of allylic oxidation sites excluding steroid dienone is 1. The van der Waals surface area contributed by atoms with E-state index in [-0.39, 0.29) is 5.41 Å². The van der Waals surface area contributed by atoms with Crippen LogP contribution in [0.15, 0.2) is 139 Å². The molecule has 178 valence electrons. The lowest BCUT2D eigenvalue weighted by Crippen LogP contribution is -2.35. The molecule has 0 radical (unpaired) electrons. The predicted octanol–water partition coefficient (Wildman–Crippen LogP) is 8.56. The van der Waals surface area contributed by atoms with Crippen LogP contribution in [0.5, 0.6) is 0 Å². The first-order valence-corrected chi connectivity index (χ1v) is 13.4. The fraction of sp³-hybridized carbons (Fsp3) is 0.135. The van der Waals surface area contributed by atoms with E-state index in [0.29, 0.717) is 5.92 Å².